The number of nitrogens with one attached hydrogen (secondary N) is 2. The molecule has 1 atom stereocenters. The van der Waals surface area contributed by atoms with E-state index in [2.05, 4.69) is 10.6 Å². The van der Waals surface area contributed by atoms with Crippen LogP contribution in [0.25, 0.3) is 0 Å². The summed E-state index contributed by atoms with van der Waals surface area (Å²) in [6.45, 7) is 0.491. The summed E-state index contributed by atoms with van der Waals surface area (Å²) in [7, 11) is 1.47. The summed E-state index contributed by atoms with van der Waals surface area (Å²) >= 11 is 0. The van der Waals surface area contributed by atoms with Crippen molar-refractivity contribution in [2.24, 2.45) is 0 Å². The molecule has 4 N–H and O–H groups in total. The molecule has 1 saturated heterocycles. The van der Waals surface area contributed by atoms with Gasteiger partial charge in [-0.25, -0.2) is 4.39 Å². The molecule has 92 valence electrons. The molecule has 5 nitrogen and oxygen atoms in total. The minimum atomic E-state index is -0.456. The van der Waals surface area contributed by atoms with Crippen molar-refractivity contribution in [1.29, 1.82) is 0 Å². The zero-order valence-electron chi connectivity index (χ0n) is 9.42. The summed E-state index contributed by atoms with van der Waals surface area (Å²) in [6, 6.07) is 2.59. The van der Waals surface area contributed by atoms with E-state index in [9.17, 15) is 9.18 Å². The van der Waals surface area contributed by atoms with E-state index in [1.54, 1.807) is 0 Å². The second-order valence-corrected chi connectivity index (χ2v) is 3.92. The standard InChI is InChI=1S/C11H14FN3O2/c1-17-10-4-9(7(12)3-8(10)13)15-6-2-11(16)14-5-6/h3-4,6,15H,2,5,13H2,1H3,(H,14,16). The molecular formula is C11H14FN3O2. The molecule has 1 aromatic carbocycles. The van der Waals surface area contributed by atoms with E-state index in [-0.39, 0.29) is 23.3 Å². The second-order valence-electron chi connectivity index (χ2n) is 3.92. The van der Waals surface area contributed by atoms with E-state index < -0.39 is 5.82 Å². The van der Waals surface area contributed by atoms with Gasteiger partial charge in [-0.1, -0.05) is 0 Å². The molecule has 17 heavy (non-hydrogen) atoms. The molecule has 1 heterocycles. The summed E-state index contributed by atoms with van der Waals surface area (Å²) in [5, 5.41) is 5.62. The lowest BCUT2D eigenvalue weighted by Crippen LogP contribution is -2.23. The SMILES string of the molecule is COc1cc(NC2CNC(=O)C2)c(F)cc1N. The Morgan fingerprint density at radius 3 is 2.94 bits per heavy atom. The molecule has 1 aliphatic rings. The van der Waals surface area contributed by atoms with Crippen molar-refractivity contribution in [3.05, 3.63) is 17.9 Å². The van der Waals surface area contributed by atoms with E-state index in [1.807, 2.05) is 0 Å². The van der Waals surface area contributed by atoms with Crippen LogP contribution in [0.2, 0.25) is 0 Å². The first-order valence-corrected chi connectivity index (χ1v) is 5.26. The zero-order chi connectivity index (χ0) is 12.4. The maximum atomic E-state index is 13.6. The van der Waals surface area contributed by atoms with Crippen LogP contribution in [-0.2, 0) is 4.79 Å². The Bertz CT molecular complexity index is 451. The van der Waals surface area contributed by atoms with E-state index in [4.69, 9.17) is 10.5 Å². The number of nitrogens with two attached hydrogens (primary N) is 1. The van der Waals surface area contributed by atoms with Gasteiger partial charge in [0.1, 0.15) is 11.6 Å². The van der Waals surface area contributed by atoms with Gasteiger partial charge in [0, 0.05) is 25.1 Å². The van der Waals surface area contributed by atoms with Crippen LogP contribution in [0.4, 0.5) is 15.8 Å². The largest absolute Gasteiger partial charge is 0.495 e. The van der Waals surface area contributed by atoms with Crippen molar-refractivity contribution in [2.45, 2.75) is 12.5 Å². The lowest BCUT2D eigenvalue weighted by atomic mass is 10.2. The summed E-state index contributed by atoms with van der Waals surface area (Å²) in [5.41, 5.74) is 6.11. The third-order valence-corrected chi connectivity index (χ3v) is 2.66. The Morgan fingerprint density at radius 2 is 2.35 bits per heavy atom. The molecule has 0 aliphatic carbocycles. The van der Waals surface area contributed by atoms with E-state index in [1.165, 1.54) is 19.2 Å². The molecule has 0 bridgehead atoms. The zero-order valence-corrected chi connectivity index (χ0v) is 9.42. The average Bonchev–Trinajstić information content (AvgIpc) is 2.68. The molecule has 2 rings (SSSR count). The smallest absolute Gasteiger partial charge is 0.222 e. The van der Waals surface area contributed by atoms with Gasteiger partial charge >= 0.3 is 0 Å². The Morgan fingerprint density at radius 1 is 1.59 bits per heavy atom. The number of hydrogen-bond acceptors (Lipinski definition) is 4. The molecule has 1 aromatic rings. The van der Waals surface area contributed by atoms with E-state index in [0.29, 0.717) is 18.7 Å². The number of rotatable bonds is 3. The number of amides is 1. The summed E-state index contributed by atoms with van der Waals surface area (Å²) in [5.74, 6) is -0.0841. The van der Waals surface area contributed by atoms with Crippen LogP contribution in [0.1, 0.15) is 6.42 Å². The maximum Gasteiger partial charge on any atom is 0.222 e. The van der Waals surface area contributed by atoms with Gasteiger partial charge in [0.25, 0.3) is 0 Å². The highest BCUT2D eigenvalue weighted by Gasteiger charge is 2.22. The monoisotopic (exact) mass is 239 g/mol. The number of nitrogen functional groups attached to an aromatic ring is 1. The van der Waals surface area contributed by atoms with Crippen molar-refractivity contribution >= 4 is 17.3 Å². The number of methoxy groups -OCH3 is 1. The van der Waals surface area contributed by atoms with Crippen LogP contribution in [0.5, 0.6) is 5.75 Å². The number of carbonyl (C=O) groups is 1. The van der Waals surface area contributed by atoms with Gasteiger partial charge in [-0.15, -0.1) is 0 Å². The number of halogens is 1. The first kappa shape index (κ1) is 11.5. The van der Waals surface area contributed by atoms with Gasteiger partial charge in [-0.3, -0.25) is 4.79 Å². The first-order chi connectivity index (χ1) is 8.10. The highest BCUT2D eigenvalue weighted by Crippen LogP contribution is 2.29. The molecule has 1 fully saturated rings. The third kappa shape index (κ3) is 2.41. The van der Waals surface area contributed by atoms with Crippen LogP contribution in [0, 0.1) is 5.82 Å². The Balaban J connectivity index is 2.17. The van der Waals surface area contributed by atoms with Crippen molar-refractivity contribution in [3.63, 3.8) is 0 Å². The fourth-order valence-electron chi connectivity index (χ4n) is 1.78. The highest BCUT2D eigenvalue weighted by atomic mass is 19.1. The predicted molar refractivity (Wildman–Crippen MR) is 62.4 cm³/mol. The number of benzene rings is 1. The topological polar surface area (TPSA) is 76.4 Å². The second kappa shape index (κ2) is 4.48. The molecular weight excluding hydrogens is 225 g/mol. The number of ether oxygens (including phenoxy) is 1. The first-order valence-electron chi connectivity index (χ1n) is 5.26. The normalized spacial score (nSPS) is 18.9. The highest BCUT2D eigenvalue weighted by molar-refractivity contribution is 5.79. The summed E-state index contributed by atoms with van der Waals surface area (Å²) < 4.78 is 18.6. The van der Waals surface area contributed by atoms with Gasteiger partial charge in [0.05, 0.1) is 24.5 Å². The Kier molecular flexibility index (Phi) is 3.03. The fourth-order valence-corrected chi connectivity index (χ4v) is 1.78. The van der Waals surface area contributed by atoms with E-state index >= 15 is 0 Å². The predicted octanol–water partition coefficient (Wildman–Crippen LogP) is 0.717. The van der Waals surface area contributed by atoms with Crippen molar-refractivity contribution in [3.8, 4) is 5.75 Å². The maximum absolute atomic E-state index is 13.6. The minimum absolute atomic E-state index is 0.0367. The van der Waals surface area contributed by atoms with Gasteiger partial charge < -0.3 is 21.1 Å². The van der Waals surface area contributed by atoms with Crippen LogP contribution in [0.15, 0.2) is 12.1 Å². The fraction of sp³-hybridized carbons (Fsp3) is 0.364. The summed E-state index contributed by atoms with van der Waals surface area (Å²) in [4.78, 5) is 11.0. The number of hydrogen-bond donors (Lipinski definition) is 3. The van der Waals surface area contributed by atoms with Crippen LogP contribution >= 0.6 is 0 Å². The Labute approximate surface area is 98.1 Å². The van der Waals surface area contributed by atoms with Crippen molar-refractivity contribution < 1.29 is 13.9 Å². The minimum Gasteiger partial charge on any atom is -0.495 e. The van der Waals surface area contributed by atoms with Gasteiger partial charge in [0.15, 0.2) is 0 Å². The van der Waals surface area contributed by atoms with Gasteiger partial charge in [-0.05, 0) is 0 Å². The van der Waals surface area contributed by atoms with Crippen LogP contribution < -0.4 is 21.1 Å². The van der Waals surface area contributed by atoms with Gasteiger partial charge in [0.2, 0.25) is 5.91 Å². The lowest BCUT2D eigenvalue weighted by Gasteiger charge is -2.14. The van der Waals surface area contributed by atoms with Crippen molar-refractivity contribution in [2.75, 3.05) is 24.7 Å². The molecule has 0 spiro atoms. The van der Waals surface area contributed by atoms with Gasteiger partial charge in [-0.2, -0.15) is 0 Å². The quantitative estimate of drug-likeness (QED) is 0.679. The van der Waals surface area contributed by atoms with Crippen LogP contribution in [0.3, 0.4) is 0 Å². The lowest BCUT2D eigenvalue weighted by molar-refractivity contribution is -0.119. The molecule has 1 aliphatic heterocycles. The molecule has 0 saturated carbocycles. The number of anilines is 2. The molecule has 1 unspecified atom stereocenters. The molecule has 6 heteroatoms. The van der Waals surface area contributed by atoms with Crippen LogP contribution in [-0.4, -0.2) is 25.6 Å². The average molecular weight is 239 g/mol. The van der Waals surface area contributed by atoms with Crippen molar-refractivity contribution in [1.82, 2.24) is 5.32 Å². The number of carbonyl (C=O) groups excluding carboxylic acids is 1. The molecule has 1 amide bonds. The molecule has 0 aromatic heterocycles. The molecule has 0 radical (unpaired) electrons. The summed E-state index contributed by atoms with van der Waals surface area (Å²) in [6.07, 6.45) is 0.339. The third-order valence-electron chi connectivity index (χ3n) is 2.66. The Hall–Kier alpha value is -1.98. The van der Waals surface area contributed by atoms with E-state index in [0.717, 1.165) is 0 Å².